The van der Waals surface area contributed by atoms with Crippen molar-refractivity contribution in [2.75, 3.05) is 36.9 Å². The van der Waals surface area contributed by atoms with E-state index in [0.29, 0.717) is 18.9 Å². The van der Waals surface area contributed by atoms with Crippen molar-refractivity contribution in [1.82, 2.24) is 0 Å². The van der Waals surface area contributed by atoms with E-state index in [4.69, 9.17) is 10.5 Å². The zero-order valence-electron chi connectivity index (χ0n) is 12.8. The fourth-order valence-electron chi connectivity index (χ4n) is 2.70. The van der Waals surface area contributed by atoms with E-state index in [1.807, 2.05) is 18.2 Å². The van der Waals surface area contributed by atoms with Gasteiger partial charge in [0.15, 0.2) is 0 Å². The van der Waals surface area contributed by atoms with Gasteiger partial charge in [0.2, 0.25) is 0 Å². The zero-order valence-corrected chi connectivity index (χ0v) is 12.8. The highest BCUT2D eigenvalue weighted by molar-refractivity contribution is 5.81. The number of benzene rings is 2. The lowest BCUT2D eigenvalue weighted by Crippen LogP contribution is -2.36. The Balaban J connectivity index is 1.91. The van der Waals surface area contributed by atoms with E-state index in [-0.39, 0.29) is 5.75 Å². The molecule has 0 unspecified atom stereocenters. The molecular weight excluding hydrogens is 321 g/mol. The van der Waals surface area contributed by atoms with Crippen LogP contribution in [0.15, 0.2) is 42.5 Å². The highest BCUT2D eigenvalue weighted by atomic mass is 19.4. The van der Waals surface area contributed by atoms with Crippen LogP contribution in [-0.2, 0) is 4.74 Å². The van der Waals surface area contributed by atoms with E-state index in [1.165, 1.54) is 12.1 Å². The predicted octanol–water partition coefficient (Wildman–Crippen LogP) is 3.67. The Labute approximate surface area is 137 Å². The van der Waals surface area contributed by atoms with Crippen LogP contribution < -0.4 is 15.4 Å². The number of halogens is 3. The summed E-state index contributed by atoms with van der Waals surface area (Å²) in [6.45, 7) is 2.79. The van der Waals surface area contributed by atoms with Crippen molar-refractivity contribution in [3.63, 3.8) is 0 Å². The van der Waals surface area contributed by atoms with Crippen LogP contribution in [0.1, 0.15) is 0 Å². The van der Waals surface area contributed by atoms with Gasteiger partial charge in [-0.2, -0.15) is 0 Å². The van der Waals surface area contributed by atoms with E-state index in [1.54, 1.807) is 12.1 Å². The normalized spacial score (nSPS) is 15.4. The number of rotatable bonds is 3. The van der Waals surface area contributed by atoms with Crippen LogP contribution in [-0.4, -0.2) is 32.7 Å². The summed E-state index contributed by atoms with van der Waals surface area (Å²) in [6, 6.07) is 11.4. The van der Waals surface area contributed by atoms with Crippen LogP contribution in [0.3, 0.4) is 0 Å². The molecule has 0 atom stereocenters. The lowest BCUT2D eigenvalue weighted by atomic mass is 10.0. The van der Waals surface area contributed by atoms with E-state index in [0.717, 1.165) is 29.9 Å². The molecule has 1 heterocycles. The molecule has 0 aromatic heterocycles. The monoisotopic (exact) mass is 338 g/mol. The summed E-state index contributed by atoms with van der Waals surface area (Å²) >= 11 is 0. The molecule has 2 aromatic rings. The highest BCUT2D eigenvalue weighted by Gasteiger charge is 2.31. The Morgan fingerprint density at radius 1 is 1.00 bits per heavy atom. The number of nitrogens with zero attached hydrogens (tertiary/aromatic N) is 1. The van der Waals surface area contributed by atoms with Crippen molar-refractivity contribution in [3.05, 3.63) is 42.5 Å². The molecule has 0 bridgehead atoms. The SMILES string of the molecule is Nc1ccc(N2CCOCC2)c(-c2ccc(OC(F)(F)F)cc2)c1. The number of hydrogen-bond acceptors (Lipinski definition) is 4. The lowest BCUT2D eigenvalue weighted by molar-refractivity contribution is -0.274. The minimum absolute atomic E-state index is 0.247. The molecule has 2 aromatic carbocycles. The van der Waals surface area contributed by atoms with Crippen LogP contribution in [0, 0.1) is 0 Å². The molecule has 1 aliphatic rings. The highest BCUT2D eigenvalue weighted by Crippen LogP contribution is 2.34. The topological polar surface area (TPSA) is 47.7 Å². The third-order valence-electron chi connectivity index (χ3n) is 3.77. The molecule has 24 heavy (non-hydrogen) atoms. The lowest BCUT2D eigenvalue weighted by Gasteiger charge is -2.31. The number of nitrogens with two attached hydrogens (primary N) is 1. The molecule has 0 radical (unpaired) electrons. The van der Waals surface area contributed by atoms with Crippen LogP contribution in [0.4, 0.5) is 24.5 Å². The van der Waals surface area contributed by atoms with Crippen LogP contribution in [0.5, 0.6) is 5.75 Å². The second-order valence-electron chi connectivity index (χ2n) is 5.45. The summed E-state index contributed by atoms with van der Waals surface area (Å²) in [5, 5.41) is 0. The summed E-state index contributed by atoms with van der Waals surface area (Å²) in [4.78, 5) is 2.18. The molecule has 1 aliphatic heterocycles. The molecule has 1 saturated heterocycles. The molecule has 4 nitrogen and oxygen atoms in total. The Kier molecular flexibility index (Phi) is 4.53. The van der Waals surface area contributed by atoms with Crippen LogP contribution in [0.2, 0.25) is 0 Å². The maximum atomic E-state index is 12.3. The summed E-state index contributed by atoms with van der Waals surface area (Å²) in [5.41, 5.74) is 9.12. The van der Waals surface area contributed by atoms with Gasteiger partial charge in [0.25, 0.3) is 0 Å². The van der Waals surface area contributed by atoms with E-state index < -0.39 is 6.36 Å². The Morgan fingerprint density at radius 2 is 1.67 bits per heavy atom. The maximum Gasteiger partial charge on any atom is 0.573 e. The van der Waals surface area contributed by atoms with Gasteiger partial charge in [0, 0.05) is 30.0 Å². The van der Waals surface area contributed by atoms with E-state index in [2.05, 4.69) is 9.64 Å². The first kappa shape index (κ1) is 16.4. The number of morpholine rings is 1. The molecule has 128 valence electrons. The Bertz CT molecular complexity index is 696. The van der Waals surface area contributed by atoms with Crippen LogP contribution in [0.25, 0.3) is 11.1 Å². The van der Waals surface area contributed by atoms with Crippen molar-refractivity contribution in [1.29, 1.82) is 0 Å². The van der Waals surface area contributed by atoms with Crippen LogP contribution >= 0.6 is 0 Å². The van der Waals surface area contributed by atoms with Gasteiger partial charge in [-0.3, -0.25) is 0 Å². The average Bonchev–Trinajstić information content (AvgIpc) is 2.55. The Hall–Kier alpha value is -2.41. The summed E-state index contributed by atoms with van der Waals surface area (Å²) in [6.07, 6.45) is -4.70. The van der Waals surface area contributed by atoms with Gasteiger partial charge in [-0.05, 0) is 35.9 Å². The molecule has 0 aliphatic carbocycles. The van der Waals surface area contributed by atoms with Gasteiger partial charge in [-0.25, -0.2) is 0 Å². The second kappa shape index (κ2) is 6.60. The minimum atomic E-state index is -4.70. The first-order valence-corrected chi connectivity index (χ1v) is 7.51. The summed E-state index contributed by atoms with van der Waals surface area (Å²) in [7, 11) is 0. The van der Waals surface area contributed by atoms with Crippen molar-refractivity contribution in [3.8, 4) is 16.9 Å². The van der Waals surface area contributed by atoms with Gasteiger partial charge in [-0.1, -0.05) is 12.1 Å². The molecule has 3 rings (SSSR count). The van der Waals surface area contributed by atoms with Gasteiger partial charge >= 0.3 is 6.36 Å². The molecule has 2 N–H and O–H groups in total. The van der Waals surface area contributed by atoms with Gasteiger partial charge < -0.3 is 20.1 Å². The third kappa shape index (κ3) is 3.91. The van der Waals surface area contributed by atoms with Crippen molar-refractivity contribution < 1.29 is 22.6 Å². The largest absolute Gasteiger partial charge is 0.573 e. The number of anilines is 2. The van der Waals surface area contributed by atoms with Crippen molar-refractivity contribution in [2.45, 2.75) is 6.36 Å². The standard InChI is InChI=1S/C17H17F3N2O2/c18-17(19,20)24-14-4-1-12(2-5-14)15-11-13(21)3-6-16(15)22-7-9-23-10-8-22/h1-6,11H,7-10,21H2. The number of nitrogen functional groups attached to an aromatic ring is 1. The first-order chi connectivity index (χ1) is 11.4. The first-order valence-electron chi connectivity index (χ1n) is 7.51. The average molecular weight is 338 g/mol. The van der Waals surface area contributed by atoms with Gasteiger partial charge in [-0.15, -0.1) is 13.2 Å². The molecule has 7 heteroatoms. The van der Waals surface area contributed by atoms with E-state index >= 15 is 0 Å². The molecule has 0 spiro atoms. The number of ether oxygens (including phenoxy) is 2. The summed E-state index contributed by atoms with van der Waals surface area (Å²) in [5.74, 6) is -0.247. The van der Waals surface area contributed by atoms with E-state index in [9.17, 15) is 13.2 Å². The fraction of sp³-hybridized carbons (Fsp3) is 0.294. The molecule has 0 amide bonds. The third-order valence-corrected chi connectivity index (χ3v) is 3.77. The Morgan fingerprint density at radius 3 is 2.29 bits per heavy atom. The summed E-state index contributed by atoms with van der Waals surface area (Å²) < 4.78 is 46.1. The minimum Gasteiger partial charge on any atom is -0.406 e. The molecule has 0 saturated carbocycles. The van der Waals surface area contributed by atoms with Gasteiger partial charge in [0.1, 0.15) is 5.75 Å². The number of alkyl halides is 3. The van der Waals surface area contributed by atoms with Crippen molar-refractivity contribution >= 4 is 11.4 Å². The zero-order chi connectivity index (χ0) is 17.2. The second-order valence-corrected chi connectivity index (χ2v) is 5.45. The number of hydrogen-bond donors (Lipinski definition) is 1. The fourth-order valence-corrected chi connectivity index (χ4v) is 2.70. The quantitative estimate of drug-likeness (QED) is 0.868. The maximum absolute atomic E-state index is 12.3. The molecule has 1 fully saturated rings. The predicted molar refractivity (Wildman–Crippen MR) is 86.0 cm³/mol. The van der Waals surface area contributed by atoms with Gasteiger partial charge in [0.05, 0.1) is 13.2 Å². The van der Waals surface area contributed by atoms with Crippen molar-refractivity contribution in [2.24, 2.45) is 0 Å². The smallest absolute Gasteiger partial charge is 0.406 e. The molecular formula is C17H17F3N2O2.